The minimum atomic E-state index is -0.410. The van der Waals surface area contributed by atoms with Crippen molar-refractivity contribution in [3.63, 3.8) is 0 Å². The maximum Gasteiger partial charge on any atom is 0.234 e. The second-order valence-electron chi connectivity index (χ2n) is 10.1. The molecular formula is C27H29FN6O2S. The van der Waals surface area contributed by atoms with Gasteiger partial charge in [-0.25, -0.2) is 19.3 Å². The number of hydrogen-bond donors (Lipinski definition) is 2. The van der Waals surface area contributed by atoms with Crippen LogP contribution in [0.25, 0.3) is 21.5 Å². The standard InChI is InChI=1S/C27H29FN6O2S/c1-27(2,3)34-9-7-19(13-22(34)24(29)35)36-23-14-21-16(11-20(23)25-30-8-10-37-25)15-31-26(33-21)32-18-6-4-5-17(28)12-18/h4-6,8,10-12,14-15,19,22H,7,9,13H2,1-3H3,(H2,29,35)(H,31,32,33)/t19-,22+/m0/s1. The number of carbonyl (C=O) groups excluding carboxylic acids is 1. The summed E-state index contributed by atoms with van der Waals surface area (Å²) in [5, 5.41) is 6.60. The van der Waals surface area contributed by atoms with Gasteiger partial charge in [0.1, 0.15) is 22.7 Å². The van der Waals surface area contributed by atoms with Gasteiger partial charge in [-0.3, -0.25) is 9.69 Å². The highest BCUT2D eigenvalue weighted by atomic mass is 32.1. The van der Waals surface area contributed by atoms with Crippen molar-refractivity contribution in [1.29, 1.82) is 0 Å². The molecule has 8 nitrogen and oxygen atoms in total. The van der Waals surface area contributed by atoms with Crippen LogP contribution in [0.5, 0.6) is 5.75 Å². The molecule has 3 heterocycles. The molecular weight excluding hydrogens is 491 g/mol. The average Bonchev–Trinajstić information content (AvgIpc) is 3.38. The Morgan fingerprint density at radius 2 is 2.08 bits per heavy atom. The number of piperidine rings is 1. The van der Waals surface area contributed by atoms with E-state index >= 15 is 0 Å². The molecule has 1 aliphatic heterocycles. The molecule has 0 radical (unpaired) electrons. The lowest BCUT2D eigenvalue weighted by molar-refractivity contribution is -0.129. The third-order valence-corrected chi connectivity index (χ3v) is 7.27. The van der Waals surface area contributed by atoms with Gasteiger partial charge in [-0.1, -0.05) is 6.07 Å². The van der Waals surface area contributed by atoms with Crippen LogP contribution in [-0.2, 0) is 4.79 Å². The number of hydrogen-bond acceptors (Lipinski definition) is 8. The second-order valence-corrected chi connectivity index (χ2v) is 11.0. The van der Waals surface area contributed by atoms with Crippen LogP contribution < -0.4 is 15.8 Å². The largest absolute Gasteiger partial charge is 0.489 e. The lowest BCUT2D eigenvalue weighted by Crippen LogP contribution is -2.58. The zero-order chi connectivity index (χ0) is 26.2. The summed E-state index contributed by atoms with van der Waals surface area (Å²) in [5.41, 5.74) is 7.67. The minimum Gasteiger partial charge on any atom is -0.489 e. The smallest absolute Gasteiger partial charge is 0.234 e. The van der Waals surface area contributed by atoms with Gasteiger partial charge >= 0.3 is 0 Å². The molecule has 2 atom stereocenters. The maximum absolute atomic E-state index is 13.6. The fourth-order valence-corrected chi connectivity index (χ4v) is 5.39. The Hall–Kier alpha value is -3.63. The van der Waals surface area contributed by atoms with Crippen LogP contribution in [0.4, 0.5) is 16.0 Å². The van der Waals surface area contributed by atoms with E-state index in [1.165, 1.54) is 23.5 Å². The fourth-order valence-electron chi connectivity index (χ4n) is 4.73. The zero-order valence-electron chi connectivity index (χ0n) is 20.9. The molecule has 2 aromatic carbocycles. The number of anilines is 2. The number of aromatic nitrogens is 3. The summed E-state index contributed by atoms with van der Waals surface area (Å²) < 4.78 is 20.1. The topological polar surface area (TPSA) is 106 Å². The predicted octanol–water partition coefficient (Wildman–Crippen LogP) is 5.13. The van der Waals surface area contributed by atoms with Crippen molar-refractivity contribution in [2.24, 2.45) is 5.73 Å². The second kappa shape index (κ2) is 10.0. The van der Waals surface area contributed by atoms with Gasteiger partial charge in [0.15, 0.2) is 0 Å². The van der Waals surface area contributed by atoms with Gasteiger partial charge in [0, 0.05) is 53.4 Å². The van der Waals surface area contributed by atoms with Gasteiger partial charge in [0.25, 0.3) is 0 Å². The highest BCUT2D eigenvalue weighted by molar-refractivity contribution is 7.13. The molecule has 1 saturated heterocycles. The number of fused-ring (bicyclic) bond motifs is 1. The molecule has 0 spiro atoms. The summed E-state index contributed by atoms with van der Waals surface area (Å²) >= 11 is 1.51. The van der Waals surface area contributed by atoms with E-state index in [2.05, 4.69) is 45.9 Å². The summed E-state index contributed by atoms with van der Waals surface area (Å²) in [4.78, 5) is 28.0. The fraction of sp³-hybridized carbons (Fsp3) is 0.333. The molecule has 10 heteroatoms. The van der Waals surface area contributed by atoms with Gasteiger partial charge in [-0.05, 0) is 51.5 Å². The molecule has 192 valence electrons. The summed E-state index contributed by atoms with van der Waals surface area (Å²) in [6, 6.07) is 9.56. The third-order valence-electron chi connectivity index (χ3n) is 6.46. The van der Waals surface area contributed by atoms with E-state index in [-0.39, 0.29) is 23.4 Å². The number of carbonyl (C=O) groups is 1. The zero-order valence-corrected chi connectivity index (χ0v) is 21.8. The van der Waals surface area contributed by atoms with Crippen molar-refractivity contribution in [3.05, 3.63) is 60.0 Å². The number of nitrogens with two attached hydrogens (primary N) is 1. The van der Waals surface area contributed by atoms with Crippen LogP contribution >= 0.6 is 11.3 Å². The minimum absolute atomic E-state index is 0.179. The number of amides is 1. The van der Waals surface area contributed by atoms with Crippen molar-refractivity contribution < 1.29 is 13.9 Å². The van der Waals surface area contributed by atoms with E-state index in [4.69, 9.17) is 10.5 Å². The number of halogens is 1. The highest BCUT2D eigenvalue weighted by Gasteiger charge is 2.38. The monoisotopic (exact) mass is 520 g/mol. The molecule has 4 aromatic rings. The first-order chi connectivity index (χ1) is 17.7. The number of primary amides is 1. The van der Waals surface area contributed by atoms with Crippen LogP contribution in [-0.4, -0.2) is 50.0 Å². The lowest BCUT2D eigenvalue weighted by Gasteiger charge is -2.45. The summed E-state index contributed by atoms with van der Waals surface area (Å²) in [6.45, 7) is 6.96. The number of benzene rings is 2. The molecule has 5 rings (SSSR count). The van der Waals surface area contributed by atoms with Gasteiger partial charge in [-0.2, -0.15) is 0 Å². The van der Waals surface area contributed by atoms with Crippen molar-refractivity contribution in [3.8, 4) is 16.3 Å². The number of thiazole rings is 1. The van der Waals surface area contributed by atoms with Gasteiger partial charge in [-0.15, -0.1) is 11.3 Å². The van der Waals surface area contributed by atoms with Gasteiger partial charge in [0.2, 0.25) is 11.9 Å². The van der Waals surface area contributed by atoms with E-state index < -0.39 is 6.04 Å². The van der Waals surface area contributed by atoms with Crippen molar-refractivity contribution in [1.82, 2.24) is 19.9 Å². The molecule has 0 unspecified atom stereocenters. The van der Waals surface area contributed by atoms with E-state index in [1.54, 1.807) is 24.5 Å². The van der Waals surface area contributed by atoms with Crippen LogP contribution in [0, 0.1) is 5.82 Å². The quantitative estimate of drug-likeness (QED) is 0.363. The van der Waals surface area contributed by atoms with Crippen molar-refractivity contribution >= 4 is 39.8 Å². The highest BCUT2D eigenvalue weighted by Crippen LogP contribution is 2.37. The third kappa shape index (κ3) is 5.55. The molecule has 37 heavy (non-hydrogen) atoms. The molecule has 1 aliphatic rings. The Labute approximate surface area is 218 Å². The molecule has 0 aliphatic carbocycles. The van der Waals surface area contributed by atoms with Crippen molar-refractivity contribution in [2.45, 2.75) is 51.3 Å². The van der Waals surface area contributed by atoms with Gasteiger partial charge < -0.3 is 15.8 Å². The van der Waals surface area contributed by atoms with Crippen LogP contribution in [0.15, 0.2) is 54.2 Å². The SMILES string of the molecule is CC(C)(C)N1CC[C@H](Oc2cc3nc(Nc4cccc(F)c4)ncc3cc2-c2nccs2)C[C@@H]1C(N)=O. The lowest BCUT2D eigenvalue weighted by atomic mass is 9.92. The number of rotatable bonds is 6. The number of nitrogens with zero attached hydrogens (tertiary/aromatic N) is 4. The first-order valence-corrected chi connectivity index (χ1v) is 13.0. The number of nitrogens with one attached hydrogen (secondary N) is 1. The van der Waals surface area contributed by atoms with Crippen molar-refractivity contribution in [2.75, 3.05) is 11.9 Å². The van der Waals surface area contributed by atoms with Crippen LogP contribution in [0.2, 0.25) is 0 Å². The normalized spacial score (nSPS) is 18.6. The maximum atomic E-state index is 13.6. The van der Waals surface area contributed by atoms with Crippen LogP contribution in [0.3, 0.4) is 0 Å². The Morgan fingerprint density at radius 1 is 1.24 bits per heavy atom. The Morgan fingerprint density at radius 3 is 2.78 bits per heavy atom. The average molecular weight is 521 g/mol. The van der Waals surface area contributed by atoms with E-state index in [1.807, 2.05) is 17.5 Å². The Kier molecular flexibility index (Phi) is 6.78. The molecule has 3 N–H and O–H groups in total. The molecule has 1 fully saturated rings. The van der Waals surface area contributed by atoms with E-state index in [9.17, 15) is 9.18 Å². The summed E-state index contributed by atoms with van der Waals surface area (Å²) in [7, 11) is 0. The Balaban J connectivity index is 1.47. The van der Waals surface area contributed by atoms with Gasteiger partial charge in [0.05, 0.1) is 17.1 Å². The summed E-state index contributed by atoms with van der Waals surface area (Å²) in [6.07, 6.45) is 4.53. The predicted molar refractivity (Wildman–Crippen MR) is 143 cm³/mol. The molecule has 1 amide bonds. The first kappa shape index (κ1) is 25.0. The van der Waals surface area contributed by atoms with E-state index in [0.29, 0.717) is 35.9 Å². The Bertz CT molecular complexity index is 1420. The number of ether oxygens (including phenoxy) is 1. The molecule has 2 aromatic heterocycles. The molecule has 0 saturated carbocycles. The first-order valence-electron chi connectivity index (χ1n) is 12.1. The van der Waals surface area contributed by atoms with E-state index in [0.717, 1.165) is 22.4 Å². The van der Waals surface area contributed by atoms with Crippen LogP contribution in [0.1, 0.15) is 33.6 Å². The summed E-state index contributed by atoms with van der Waals surface area (Å²) in [5.74, 6) is 0.289. The number of likely N-dealkylation sites (tertiary alicyclic amines) is 1. The molecule has 0 bridgehead atoms.